The summed E-state index contributed by atoms with van der Waals surface area (Å²) in [6.07, 6.45) is 1.18. The van der Waals surface area contributed by atoms with Crippen LogP contribution in [-0.2, 0) is 9.59 Å². The number of carboxylic acid groups (broad SMARTS) is 1. The molecule has 0 saturated carbocycles. The van der Waals surface area contributed by atoms with Crippen molar-refractivity contribution < 1.29 is 14.7 Å². The monoisotopic (exact) mass is 186 g/mol. The molecule has 1 heterocycles. The van der Waals surface area contributed by atoms with E-state index in [4.69, 9.17) is 10.8 Å². The smallest absolute Gasteiger partial charge is 0.320 e. The van der Waals surface area contributed by atoms with Crippen LogP contribution >= 0.6 is 0 Å². The van der Waals surface area contributed by atoms with Gasteiger partial charge in [0, 0.05) is 6.54 Å². The van der Waals surface area contributed by atoms with Crippen molar-refractivity contribution in [3.63, 3.8) is 0 Å². The van der Waals surface area contributed by atoms with E-state index in [0.717, 1.165) is 0 Å². The highest BCUT2D eigenvalue weighted by Crippen LogP contribution is 2.21. The van der Waals surface area contributed by atoms with Gasteiger partial charge in [0.25, 0.3) is 0 Å². The van der Waals surface area contributed by atoms with Gasteiger partial charge in [-0.05, 0) is 12.8 Å². The number of rotatable bonds is 4. The zero-order valence-electron chi connectivity index (χ0n) is 7.56. The Morgan fingerprint density at radius 2 is 2.31 bits per heavy atom. The maximum absolute atomic E-state index is 10.8. The first kappa shape index (κ1) is 9.98. The minimum absolute atomic E-state index is 0.374. The van der Waals surface area contributed by atoms with E-state index in [1.165, 1.54) is 0 Å². The molecule has 0 aromatic heterocycles. The number of likely N-dealkylation sites (tertiary alicyclic amines) is 1. The molecule has 0 aromatic rings. The van der Waals surface area contributed by atoms with E-state index in [1.807, 2.05) is 0 Å². The van der Waals surface area contributed by atoms with Crippen LogP contribution in [0.15, 0.2) is 0 Å². The molecule has 1 rings (SSSR count). The number of hydrogen-bond acceptors (Lipinski definition) is 3. The van der Waals surface area contributed by atoms with Crippen LogP contribution in [0, 0.1) is 0 Å². The van der Waals surface area contributed by atoms with Gasteiger partial charge >= 0.3 is 5.97 Å². The number of amides is 1. The van der Waals surface area contributed by atoms with Crippen molar-refractivity contribution in [2.45, 2.75) is 31.8 Å². The molecule has 2 atom stereocenters. The number of aliphatic carboxylic acids is 1. The summed E-state index contributed by atoms with van der Waals surface area (Å²) in [5.74, 6) is -1.31. The maximum atomic E-state index is 10.8. The molecule has 1 amide bonds. The van der Waals surface area contributed by atoms with E-state index >= 15 is 0 Å². The van der Waals surface area contributed by atoms with Gasteiger partial charge in [0.05, 0.1) is 6.04 Å². The van der Waals surface area contributed by atoms with E-state index in [1.54, 1.807) is 11.8 Å². The Morgan fingerprint density at radius 1 is 1.69 bits per heavy atom. The highest BCUT2D eigenvalue weighted by molar-refractivity contribution is 5.82. The first-order valence-corrected chi connectivity index (χ1v) is 4.35. The normalized spacial score (nSPS) is 24.8. The van der Waals surface area contributed by atoms with Crippen molar-refractivity contribution in [3.8, 4) is 0 Å². The summed E-state index contributed by atoms with van der Waals surface area (Å²) in [5.41, 5.74) is 5.11. The summed E-state index contributed by atoms with van der Waals surface area (Å²) in [6.45, 7) is 2.44. The largest absolute Gasteiger partial charge is 0.480 e. The average molecular weight is 186 g/mol. The predicted octanol–water partition coefficient (Wildman–Crippen LogP) is -0.591. The van der Waals surface area contributed by atoms with Crippen LogP contribution in [0.5, 0.6) is 0 Å². The van der Waals surface area contributed by atoms with Crippen LogP contribution in [0.25, 0.3) is 0 Å². The first-order valence-electron chi connectivity index (χ1n) is 4.35. The van der Waals surface area contributed by atoms with Gasteiger partial charge in [0.1, 0.15) is 6.04 Å². The lowest BCUT2D eigenvalue weighted by Gasteiger charge is -2.42. The van der Waals surface area contributed by atoms with E-state index in [-0.39, 0.29) is 6.04 Å². The van der Waals surface area contributed by atoms with Crippen molar-refractivity contribution in [3.05, 3.63) is 0 Å². The molecule has 3 N–H and O–H groups in total. The van der Waals surface area contributed by atoms with Crippen LogP contribution < -0.4 is 5.73 Å². The zero-order valence-corrected chi connectivity index (χ0v) is 7.56. The van der Waals surface area contributed by atoms with E-state index < -0.39 is 17.9 Å². The fourth-order valence-electron chi connectivity index (χ4n) is 1.64. The summed E-state index contributed by atoms with van der Waals surface area (Å²) < 4.78 is 0. The molecule has 1 aliphatic rings. The second-order valence-electron chi connectivity index (χ2n) is 3.21. The summed E-state index contributed by atoms with van der Waals surface area (Å²) in [5, 5.41) is 8.81. The Kier molecular flexibility index (Phi) is 2.87. The molecule has 5 heteroatoms. The van der Waals surface area contributed by atoms with Crippen LogP contribution in [0.3, 0.4) is 0 Å². The fraction of sp³-hybridized carbons (Fsp3) is 0.750. The Balaban J connectivity index is 2.60. The van der Waals surface area contributed by atoms with E-state index in [2.05, 4.69) is 0 Å². The number of nitrogens with zero attached hydrogens (tertiary/aromatic N) is 1. The van der Waals surface area contributed by atoms with Crippen molar-refractivity contribution >= 4 is 11.9 Å². The third-order valence-electron chi connectivity index (χ3n) is 2.46. The van der Waals surface area contributed by atoms with Crippen LogP contribution in [0.2, 0.25) is 0 Å². The van der Waals surface area contributed by atoms with Gasteiger partial charge < -0.3 is 10.8 Å². The number of carbonyl (C=O) groups excluding carboxylic acids is 1. The molecule has 1 saturated heterocycles. The van der Waals surface area contributed by atoms with Gasteiger partial charge in [-0.15, -0.1) is 0 Å². The Hall–Kier alpha value is -1.10. The molecule has 1 fully saturated rings. The van der Waals surface area contributed by atoms with Gasteiger partial charge in [0.15, 0.2) is 0 Å². The van der Waals surface area contributed by atoms with Gasteiger partial charge in [-0.2, -0.15) is 0 Å². The predicted molar refractivity (Wildman–Crippen MR) is 46.0 cm³/mol. The molecule has 5 nitrogen and oxygen atoms in total. The summed E-state index contributed by atoms with van der Waals surface area (Å²) in [6, 6.07) is -0.938. The molecule has 1 aliphatic heterocycles. The molecule has 0 aliphatic carbocycles. The SMILES string of the molecule is CCC(C(=O)O)N1CCC1C(N)=O. The second-order valence-corrected chi connectivity index (χ2v) is 3.21. The third-order valence-corrected chi connectivity index (χ3v) is 2.46. The van der Waals surface area contributed by atoms with Crippen LogP contribution in [0.1, 0.15) is 19.8 Å². The number of primary amides is 1. The minimum atomic E-state index is -0.881. The molecule has 0 bridgehead atoms. The topological polar surface area (TPSA) is 83.6 Å². The lowest BCUT2D eigenvalue weighted by Crippen LogP contribution is -2.60. The second kappa shape index (κ2) is 3.74. The molecule has 13 heavy (non-hydrogen) atoms. The van der Waals surface area contributed by atoms with Crippen molar-refractivity contribution in [1.82, 2.24) is 4.90 Å². The highest BCUT2D eigenvalue weighted by Gasteiger charge is 2.39. The maximum Gasteiger partial charge on any atom is 0.320 e. The molecule has 0 spiro atoms. The summed E-state index contributed by atoms with van der Waals surface area (Å²) in [4.78, 5) is 23.2. The van der Waals surface area contributed by atoms with Crippen molar-refractivity contribution in [1.29, 1.82) is 0 Å². The van der Waals surface area contributed by atoms with E-state index in [9.17, 15) is 9.59 Å². The molecule has 74 valence electrons. The molecular formula is C8H14N2O3. The molecular weight excluding hydrogens is 172 g/mol. The number of carbonyl (C=O) groups is 2. The van der Waals surface area contributed by atoms with Gasteiger partial charge in [-0.25, -0.2) is 0 Å². The Labute approximate surface area is 76.5 Å². The lowest BCUT2D eigenvalue weighted by atomic mass is 9.98. The quantitative estimate of drug-likeness (QED) is 0.614. The zero-order chi connectivity index (χ0) is 10.0. The lowest BCUT2D eigenvalue weighted by molar-refractivity contribution is -0.149. The average Bonchev–Trinajstić information content (AvgIpc) is 1.95. The molecule has 0 radical (unpaired) electrons. The summed E-state index contributed by atoms with van der Waals surface area (Å²) in [7, 11) is 0. The molecule has 0 aromatic carbocycles. The van der Waals surface area contributed by atoms with Crippen molar-refractivity contribution in [2.75, 3.05) is 6.54 Å². The van der Waals surface area contributed by atoms with E-state index in [0.29, 0.717) is 19.4 Å². The Morgan fingerprint density at radius 3 is 2.54 bits per heavy atom. The first-order chi connectivity index (χ1) is 6.07. The number of carboxylic acids is 1. The van der Waals surface area contributed by atoms with Gasteiger partial charge in [-0.1, -0.05) is 6.92 Å². The minimum Gasteiger partial charge on any atom is -0.480 e. The number of hydrogen-bond donors (Lipinski definition) is 2. The third kappa shape index (κ3) is 1.80. The Bertz CT molecular complexity index is 229. The van der Waals surface area contributed by atoms with Gasteiger partial charge in [-0.3, -0.25) is 14.5 Å². The van der Waals surface area contributed by atoms with Crippen LogP contribution in [-0.4, -0.2) is 40.5 Å². The fourth-order valence-corrected chi connectivity index (χ4v) is 1.64. The number of nitrogens with two attached hydrogens (primary N) is 1. The summed E-state index contributed by atoms with van der Waals surface area (Å²) >= 11 is 0. The van der Waals surface area contributed by atoms with Gasteiger partial charge in [0.2, 0.25) is 5.91 Å². The highest BCUT2D eigenvalue weighted by atomic mass is 16.4. The standard InChI is InChI=1S/C8H14N2O3/c1-2-5(8(12)13)10-4-3-6(10)7(9)11/h5-6H,2-4H2,1H3,(H2,9,11)(H,12,13). The molecule has 2 unspecified atom stereocenters. The van der Waals surface area contributed by atoms with Crippen molar-refractivity contribution in [2.24, 2.45) is 5.73 Å². The van der Waals surface area contributed by atoms with Crippen LogP contribution in [0.4, 0.5) is 0 Å².